The molecule has 2 atom stereocenters. The van der Waals surface area contributed by atoms with E-state index < -0.39 is 22.8 Å². The molecular formula is C23H26FNO6. The van der Waals surface area contributed by atoms with Crippen LogP contribution in [-0.2, 0) is 4.74 Å². The van der Waals surface area contributed by atoms with Gasteiger partial charge in [-0.25, -0.2) is 9.18 Å². The first-order chi connectivity index (χ1) is 14.7. The number of benzene rings is 1. The Morgan fingerprint density at radius 2 is 2.00 bits per heavy atom. The number of fused-ring (bicyclic) bond motifs is 6. The fourth-order valence-corrected chi connectivity index (χ4v) is 5.01. The summed E-state index contributed by atoms with van der Waals surface area (Å²) in [4.78, 5) is 24.0. The summed E-state index contributed by atoms with van der Waals surface area (Å²) in [7, 11) is 3.13. The Hall–Kier alpha value is -2.87. The van der Waals surface area contributed by atoms with Crippen LogP contribution in [0.4, 0.5) is 4.39 Å². The van der Waals surface area contributed by atoms with Gasteiger partial charge in [0.05, 0.1) is 19.4 Å². The van der Waals surface area contributed by atoms with Crippen LogP contribution in [0.25, 0.3) is 11.3 Å². The largest absolute Gasteiger partial charge is 0.493 e. The molecule has 8 heteroatoms. The Balaban J connectivity index is 1.90. The number of carboxylic acid groups (broad SMARTS) is 1. The molecule has 166 valence electrons. The molecule has 31 heavy (non-hydrogen) atoms. The molecule has 1 fully saturated rings. The van der Waals surface area contributed by atoms with E-state index in [-0.39, 0.29) is 23.1 Å². The number of ether oxygens (including phenoxy) is 3. The second kappa shape index (κ2) is 7.67. The molecule has 4 rings (SSSR count). The minimum Gasteiger partial charge on any atom is -0.493 e. The number of aromatic carboxylic acids is 1. The van der Waals surface area contributed by atoms with Crippen molar-refractivity contribution in [3.05, 3.63) is 45.5 Å². The number of rotatable bonds is 7. The maximum atomic E-state index is 15.3. The molecule has 0 unspecified atom stereocenters. The highest BCUT2D eigenvalue weighted by Crippen LogP contribution is 2.64. The number of hydrogen-bond donors (Lipinski definition) is 1. The molecule has 1 saturated carbocycles. The van der Waals surface area contributed by atoms with E-state index >= 15 is 4.39 Å². The highest BCUT2D eigenvalue weighted by atomic mass is 19.1. The third-order valence-corrected chi connectivity index (χ3v) is 6.38. The summed E-state index contributed by atoms with van der Waals surface area (Å²) in [6, 6.07) is 3.38. The van der Waals surface area contributed by atoms with Crippen molar-refractivity contribution in [2.24, 2.45) is 5.41 Å². The smallest absolute Gasteiger partial charge is 0.341 e. The molecule has 1 aromatic heterocycles. The normalized spacial score (nSPS) is 20.2. The summed E-state index contributed by atoms with van der Waals surface area (Å²) < 4.78 is 33.4. The topological polar surface area (TPSA) is 87.0 Å². The van der Waals surface area contributed by atoms with Crippen molar-refractivity contribution in [1.82, 2.24) is 4.57 Å². The zero-order valence-electron chi connectivity index (χ0n) is 18.0. The Labute approximate surface area is 179 Å². The van der Waals surface area contributed by atoms with Crippen LogP contribution in [0.2, 0.25) is 0 Å². The summed E-state index contributed by atoms with van der Waals surface area (Å²) in [5.74, 6) is -1.46. The van der Waals surface area contributed by atoms with Crippen LogP contribution in [-0.4, -0.2) is 43.1 Å². The molecule has 0 bridgehead atoms. The molecule has 1 aliphatic carbocycles. The van der Waals surface area contributed by atoms with Crippen LogP contribution in [0, 0.1) is 11.2 Å². The van der Waals surface area contributed by atoms with Gasteiger partial charge < -0.3 is 23.9 Å². The first-order valence-corrected chi connectivity index (χ1v) is 10.2. The van der Waals surface area contributed by atoms with Crippen LogP contribution in [0.5, 0.6) is 11.5 Å². The number of aromatic nitrogens is 1. The highest BCUT2D eigenvalue weighted by molar-refractivity contribution is 5.88. The number of carboxylic acids is 1. The van der Waals surface area contributed by atoms with Gasteiger partial charge in [0.1, 0.15) is 5.56 Å². The predicted octanol–water partition coefficient (Wildman–Crippen LogP) is 3.84. The van der Waals surface area contributed by atoms with E-state index in [1.165, 1.54) is 13.3 Å². The third kappa shape index (κ3) is 3.29. The lowest BCUT2D eigenvalue weighted by atomic mass is 9.55. The maximum absolute atomic E-state index is 15.3. The molecule has 0 spiro atoms. The van der Waals surface area contributed by atoms with Gasteiger partial charge in [0.25, 0.3) is 0 Å². The van der Waals surface area contributed by atoms with Gasteiger partial charge in [-0.1, -0.05) is 13.8 Å². The monoisotopic (exact) mass is 431 g/mol. The van der Waals surface area contributed by atoms with E-state index in [1.54, 1.807) is 17.7 Å². The van der Waals surface area contributed by atoms with Crippen molar-refractivity contribution >= 4 is 5.97 Å². The zero-order valence-corrected chi connectivity index (χ0v) is 18.0. The standard InChI is InChI=1S/C23H26FNO6/c1-23(2)10-14-12-8-17(31-7-5-6-29-3)16(30-4)9-13(12)19-18(24)20(26)15(22(27)28)11-25(19)21(14)23/h8-9,11,14,21H,5-7,10H2,1-4H3,(H,27,28)/t14-,21+/m1/s1. The minimum absolute atomic E-state index is 0.0493. The number of nitrogens with zero attached hydrogens (tertiary/aromatic N) is 1. The lowest BCUT2D eigenvalue weighted by molar-refractivity contribution is 0.0434. The van der Waals surface area contributed by atoms with Gasteiger partial charge in [-0.3, -0.25) is 4.79 Å². The number of halogens is 1. The molecule has 1 N–H and O–H groups in total. The summed E-state index contributed by atoms with van der Waals surface area (Å²) >= 11 is 0. The summed E-state index contributed by atoms with van der Waals surface area (Å²) in [6.45, 7) is 5.13. The van der Waals surface area contributed by atoms with Gasteiger partial charge >= 0.3 is 5.97 Å². The molecule has 0 amide bonds. The number of hydrogen-bond acceptors (Lipinski definition) is 5. The molecule has 1 aliphatic heterocycles. The van der Waals surface area contributed by atoms with Crippen molar-refractivity contribution in [3.8, 4) is 22.8 Å². The molecular weight excluding hydrogens is 405 g/mol. The lowest BCUT2D eigenvalue weighted by Crippen LogP contribution is -2.47. The van der Waals surface area contributed by atoms with E-state index in [2.05, 4.69) is 13.8 Å². The Morgan fingerprint density at radius 3 is 2.61 bits per heavy atom. The van der Waals surface area contributed by atoms with E-state index in [4.69, 9.17) is 14.2 Å². The molecule has 1 aromatic carbocycles. The number of carbonyl (C=O) groups is 1. The Bertz CT molecular complexity index is 1110. The average Bonchev–Trinajstić information content (AvgIpc) is 2.71. The van der Waals surface area contributed by atoms with Gasteiger partial charge in [-0.2, -0.15) is 0 Å². The quantitative estimate of drug-likeness (QED) is 0.671. The van der Waals surface area contributed by atoms with Gasteiger partial charge in [-0.15, -0.1) is 0 Å². The van der Waals surface area contributed by atoms with Crippen molar-refractivity contribution in [1.29, 1.82) is 0 Å². The fourth-order valence-electron chi connectivity index (χ4n) is 5.01. The van der Waals surface area contributed by atoms with E-state index in [0.717, 1.165) is 12.0 Å². The SMILES string of the molecule is COCCCOc1cc2c(cc1OC)-c1c(F)c(=O)c(C(=O)O)cn1[C@H]1[C@@H]2CC1(C)C. The molecule has 2 heterocycles. The zero-order chi connectivity index (χ0) is 22.5. The second-order valence-corrected chi connectivity index (χ2v) is 8.78. The highest BCUT2D eigenvalue weighted by Gasteiger charge is 2.53. The van der Waals surface area contributed by atoms with Gasteiger partial charge in [0.2, 0.25) is 5.43 Å². The molecule has 7 nitrogen and oxygen atoms in total. The summed E-state index contributed by atoms with van der Waals surface area (Å²) in [5, 5.41) is 9.40. The number of methoxy groups -OCH3 is 2. The van der Waals surface area contributed by atoms with E-state index in [1.807, 2.05) is 6.07 Å². The predicted molar refractivity (Wildman–Crippen MR) is 112 cm³/mol. The van der Waals surface area contributed by atoms with Gasteiger partial charge in [0, 0.05) is 43.9 Å². The minimum atomic E-state index is -1.43. The summed E-state index contributed by atoms with van der Waals surface area (Å²) in [5.41, 5.74) is -0.343. The Morgan fingerprint density at radius 1 is 1.26 bits per heavy atom. The van der Waals surface area contributed by atoms with Crippen LogP contribution >= 0.6 is 0 Å². The summed E-state index contributed by atoms with van der Waals surface area (Å²) in [6.07, 6.45) is 2.84. The van der Waals surface area contributed by atoms with Crippen LogP contribution in [0.1, 0.15) is 54.6 Å². The first kappa shape index (κ1) is 21.4. The average molecular weight is 431 g/mol. The van der Waals surface area contributed by atoms with Crippen LogP contribution in [0.3, 0.4) is 0 Å². The number of pyridine rings is 1. The van der Waals surface area contributed by atoms with Crippen molar-refractivity contribution in [3.63, 3.8) is 0 Å². The Kier molecular flexibility index (Phi) is 5.29. The molecule has 2 aromatic rings. The van der Waals surface area contributed by atoms with Crippen LogP contribution in [0.15, 0.2) is 23.1 Å². The molecule has 2 aliphatic rings. The van der Waals surface area contributed by atoms with Crippen molar-refractivity contribution in [2.75, 3.05) is 27.4 Å². The lowest BCUT2D eigenvalue weighted by Gasteiger charge is -2.56. The molecule has 0 radical (unpaired) electrons. The van der Waals surface area contributed by atoms with Crippen LogP contribution < -0.4 is 14.9 Å². The fraction of sp³-hybridized carbons (Fsp3) is 0.478. The van der Waals surface area contributed by atoms with Crippen molar-refractivity contribution < 1.29 is 28.5 Å². The maximum Gasteiger partial charge on any atom is 0.341 e. The molecule has 0 saturated heterocycles. The van der Waals surface area contributed by atoms with E-state index in [0.29, 0.717) is 36.7 Å². The second-order valence-electron chi connectivity index (χ2n) is 8.78. The van der Waals surface area contributed by atoms with Gasteiger partial charge in [-0.05, 0) is 29.5 Å². The van der Waals surface area contributed by atoms with E-state index in [9.17, 15) is 14.7 Å². The van der Waals surface area contributed by atoms with Crippen molar-refractivity contribution in [2.45, 2.75) is 38.6 Å². The first-order valence-electron chi connectivity index (χ1n) is 10.2. The van der Waals surface area contributed by atoms with Gasteiger partial charge in [0.15, 0.2) is 17.3 Å². The third-order valence-electron chi connectivity index (χ3n) is 6.38.